The Balaban J connectivity index is 1.49. The quantitative estimate of drug-likeness (QED) is 0.576. The first-order chi connectivity index (χ1) is 12.2. The Morgan fingerprint density at radius 2 is 1.76 bits per heavy atom. The van der Waals surface area contributed by atoms with Gasteiger partial charge in [0.25, 0.3) is 5.91 Å². The van der Waals surface area contributed by atoms with Crippen LogP contribution in [0.1, 0.15) is 10.4 Å². The molecular weight excluding hydrogens is 332 g/mol. The van der Waals surface area contributed by atoms with Crippen LogP contribution in [0.5, 0.6) is 0 Å². The fourth-order valence-electron chi connectivity index (χ4n) is 2.58. The van der Waals surface area contributed by atoms with Crippen LogP contribution in [-0.4, -0.2) is 22.3 Å². The summed E-state index contributed by atoms with van der Waals surface area (Å²) < 4.78 is 2.00. The molecule has 0 spiro atoms. The van der Waals surface area contributed by atoms with E-state index in [4.69, 9.17) is 0 Å². The van der Waals surface area contributed by atoms with Crippen LogP contribution in [0.25, 0.3) is 16.2 Å². The summed E-state index contributed by atoms with van der Waals surface area (Å²) in [6.07, 6.45) is 3.99. The van der Waals surface area contributed by atoms with E-state index in [1.54, 1.807) is 23.5 Å². The van der Waals surface area contributed by atoms with Gasteiger partial charge >= 0.3 is 0 Å². The van der Waals surface area contributed by atoms with Gasteiger partial charge < -0.3 is 10.6 Å². The van der Waals surface area contributed by atoms with Crippen LogP contribution in [0.4, 0.5) is 11.4 Å². The minimum Gasteiger partial charge on any atom is -0.388 e. The van der Waals surface area contributed by atoms with E-state index >= 15 is 0 Å². The topological polar surface area (TPSA) is 58.4 Å². The fourth-order valence-corrected chi connectivity index (χ4v) is 3.28. The van der Waals surface area contributed by atoms with E-state index in [1.807, 2.05) is 65.6 Å². The van der Waals surface area contributed by atoms with Gasteiger partial charge in [0.05, 0.1) is 5.69 Å². The molecule has 2 aromatic heterocycles. The van der Waals surface area contributed by atoms with Crippen molar-refractivity contribution in [3.05, 3.63) is 71.9 Å². The molecule has 2 aromatic carbocycles. The Kier molecular flexibility index (Phi) is 3.95. The lowest BCUT2D eigenvalue weighted by molar-refractivity contribution is 0.102. The standard InChI is InChI=1S/C19H16N4OS/c1-20-15-6-4-14(5-7-15)18(24)21-16-8-2-13(3-9-16)17-12-23-10-11-25-19(23)22-17/h2-12,20H,1H3,(H,21,24). The van der Waals surface area contributed by atoms with E-state index in [0.29, 0.717) is 5.56 Å². The molecule has 0 fully saturated rings. The highest BCUT2D eigenvalue weighted by atomic mass is 32.1. The molecule has 1 amide bonds. The van der Waals surface area contributed by atoms with E-state index in [2.05, 4.69) is 15.6 Å². The molecule has 0 radical (unpaired) electrons. The number of fused-ring (bicyclic) bond motifs is 1. The van der Waals surface area contributed by atoms with Gasteiger partial charge in [-0.25, -0.2) is 4.98 Å². The molecule has 124 valence electrons. The zero-order valence-corrected chi connectivity index (χ0v) is 14.4. The van der Waals surface area contributed by atoms with Crippen molar-refractivity contribution in [2.24, 2.45) is 0 Å². The summed E-state index contributed by atoms with van der Waals surface area (Å²) in [6, 6.07) is 15.1. The first kappa shape index (κ1) is 15.4. The van der Waals surface area contributed by atoms with Crippen LogP contribution < -0.4 is 10.6 Å². The maximum Gasteiger partial charge on any atom is 0.255 e. The number of benzene rings is 2. The van der Waals surface area contributed by atoms with Crippen LogP contribution in [0.3, 0.4) is 0 Å². The van der Waals surface area contributed by atoms with Crippen LogP contribution in [-0.2, 0) is 0 Å². The van der Waals surface area contributed by atoms with Gasteiger partial charge in [-0.2, -0.15) is 0 Å². The van der Waals surface area contributed by atoms with Crippen LogP contribution >= 0.6 is 11.3 Å². The van der Waals surface area contributed by atoms with E-state index in [0.717, 1.165) is 27.6 Å². The smallest absolute Gasteiger partial charge is 0.255 e. The summed E-state index contributed by atoms with van der Waals surface area (Å²) in [5, 5.41) is 7.95. The summed E-state index contributed by atoms with van der Waals surface area (Å²) in [5.41, 5.74) is 4.30. The molecule has 0 aliphatic carbocycles. The summed E-state index contributed by atoms with van der Waals surface area (Å²) in [4.78, 5) is 17.9. The number of carbonyl (C=O) groups excluding carboxylic acids is 1. The van der Waals surface area contributed by atoms with Gasteiger partial charge in [-0.05, 0) is 36.4 Å². The Hall–Kier alpha value is -3.12. The maximum absolute atomic E-state index is 12.3. The Bertz CT molecular complexity index is 987. The Morgan fingerprint density at radius 3 is 2.44 bits per heavy atom. The molecule has 0 unspecified atom stereocenters. The van der Waals surface area contributed by atoms with E-state index < -0.39 is 0 Å². The number of nitrogens with zero attached hydrogens (tertiary/aromatic N) is 2. The Labute approximate surface area is 149 Å². The van der Waals surface area contributed by atoms with Crippen LogP contribution in [0.2, 0.25) is 0 Å². The third kappa shape index (κ3) is 3.12. The van der Waals surface area contributed by atoms with Crippen LogP contribution in [0.15, 0.2) is 66.3 Å². The normalized spacial score (nSPS) is 10.8. The number of rotatable bonds is 4. The SMILES string of the molecule is CNc1ccc(C(=O)Nc2ccc(-c3cn4ccsc4n3)cc2)cc1. The summed E-state index contributed by atoms with van der Waals surface area (Å²) in [5.74, 6) is -0.127. The zero-order valence-electron chi connectivity index (χ0n) is 13.6. The molecule has 0 aliphatic rings. The molecule has 4 rings (SSSR count). The minimum atomic E-state index is -0.127. The number of imidazole rings is 1. The van der Waals surface area contributed by atoms with E-state index in [1.165, 1.54) is 0 Å². The second kappa shape index (κ2) is 6.41. The molecule has 4 aromatic rings. The number of amides is 1. The number of thiazole rings is 1. The van der Waals surface area contributed by atoms with Crippen molar-refractivity contribution in [1.29, 1.82) is 0 Å². The van der Waals surface area contributed by atoms with Gasteiger partial charge in [0.2, 0.25) is 0 Å². The van der Waals surface area contributed by atoms with Crippen molar-refractivity contribution in [2.75, 3.05) is 17.7 Å². The Morgan fingerprint density at radius 1 is 1.04 bits per heavy atom. The lowest BCUT2D eigenvalue weighted by atomic mass is 10.1. The van der Waals surface area contributed by atoms with Gasteiger partial charge in [0.1, 0.15) is 0 Å². The third-order valence-electron chi connectivity index (χ3n) is 3.97. The first-order valence-corrected chi connectivity index (χ1v) is 8.73. The number of hydrogen-bond acceptors (Lipinski definition) is 4. The zero-order chi connectivity index (χ0) is 17.2. The molecule has 0 bridgehead atoms. The van der Waals surface area contributed by atoms with Gasteiger partial charge in [-0.3, -0.25) is 9.20 Å². The van der Waals surface area contributed by atoms with Gasteiger partial charge in [-0.15, -0.1) is 11.3 Å². The first-order valence-electron chi connectivity index (χ1n) is 7.85. The minimum absolute atomic E-state index is 0.127. The molecule has 25 heavy (non-hydrogen) atoms. The number of anilines is 2. The average molecular weight is 348 g/mol. The third-order valence-corrected chi connectivity index (χ3v) is 4.74. The summed E-state index contributed by atoms with van der Waals surface area (Å²) in [7, 11) is 1.85. The highest BCUT2D eigenvalue weighted by molar-refractivity contribution is 7.15. The van der Waals surface area contributed by atoms with Crippen molar-refractivity contribution >= 4 is 33.6 Å². The predicted molar refractivity (Wildman–Crippen MR) is 102 cm³/mol. The molecule has 0 aliphatic heterocycles. The highest BCUT2D eigenvalue weighted by Crippen LogP contribution is 2.23. The summed E-state index contributed by atoms with van der Waals surface area (Å²) in [6.45, 7) is 0. The maximum atomic E-state index is 12.3. The van der Waals surface area contributed by atoms with Crippen molar-refractivity contribution < 1.29 is 4.79 Å². The van der Waals surface area contributed by atoms with Crippen molar-refractivity contribution in [3.63, 3.8) is 0 Å². The van der Waals surface area contributed by atoms with Gasteiger partial charge in [0.15, 0.2) is 4.96 Å². The molecule has 0 saturated carbocycles. The number of carbonyl (C=O) groups is 1. The summed E-state index contributed by atoms with van der Waals surface area (Å²) >= 11 is 1.60. The molecule has 0 atom stereocenters. The molecule has 6 heteroatoms. The molecule has 0 saturated heterocycles. The van der Waals surface area contributed by atoms with Crippen molar-refractivity contribution in [3.8, 4) is 11.3 Å². The number of aromatic nitrogens is 2. The number of hydrogen-bond donors (Lipinski definition) is 2. The molecule has 5 nitrogen and oxygen atoms in total. The second-order valence-electron chi connectivity index (χ2n) is 5.58. The monoisotopic (exact) mass is 348 g/mol. The average Bonchev–Trinajstić information content (AvgIpc) is 3.24. The van der Waals surface area contributed by atoms with Crippen molar-refractivity contribution in [2.45, 2.75) is 0 Å². The van der Waals surface area contributed by atoms with Crippen LogP contribution in [0, 0.1) is 0 Å². The lowest BCUT2D eigenvalue weighted by Gasteiger charge is -2.07. The second-order valence-corrected chi connectivity index (χ2v) is 6.45. The highest BCUT2D eigenvalue weighted by Gasteiger charge is 2.08. The van der Waals surface area contributed by atoms with Crippen molar-refractivity contribution in [1.82, 2.24) is 9.38 Å². The van der Waals surface area contributed by atoms with Gasteiger partial charge in [0, 0.05) is 47.3 Å². The largest absolute Gasteiger partial charge is 0.388 e. The van der Waals surface area contributed by atoms with Gasteiger partial charge in [-0.1, -0.05) is 12.1 Å². The molecular formula is C19H16N4OS. The predicted octanol–water partition coefficient (Wildman–Crippen LogP) is 4.36. The lowest BCUT2D eigenvalue weighted by Crippen LogP contribution is -2.11. The van der Waals surface area contributed by atoms with E-state index in [9.17, 15) is 4.79 Å². The fraction of sp³-hybridized carbons (Fsp3) is 0.0526. The molecule has 2 heterocycles. The van der Waals surface area contributed by atoms with E-state index in [-0.39, 0.29) is 5.91 Å². The molecule has 2 N–H and O–H groups in total. The number of nitrogens with one attached hydrogen (secondary N) is 2.